The van der Waals surface area contributed by atoms with Crippen LogP contribution in [-0.2, 0) is 4.79 Å². The average Bonchev–Trinajstić information content (AvgIpc) is 2.80. The maximum atomic E-state index is 11.5. The molecule has 1 N–H and O–H groups in total. The number of carbonyl (C=O) groups is 1. The van der Waals surface area contributed by atoms with Crippen LogP contribution in [-0.4, -0.2) is 37.4 Å². The normalized spacial score (nSPS) is 13.2. The van der Waals surface area contributed by atoms with Gasteiger partial charge in [-0.2, -0.15) is 0 Å². The lowest BCUT2D eigenvalue weighted by Crippen LogP contribution is -2.35. The molecule has 0 radical (unpaired) electrons. The second-order valence-electron chi connectivity index (χ2n) is 6.95. The number of para-hydroxylation sites is 3. The fraction of sp³-hybridized carbons (Fsp3) is 0.160. The summed E-state index contributed by atoms with van der Waals surface area (Å²) in [6.07, 6.45) is 1.49. The van der Waals surface area contributed by atoms with E-state index in [0.29, 0.717) is 24.5 Å². The summed E-state index contributed by atoms with van der Waals surface area (Å²) in [6, 6.07) is 24.1. The summed E-state index contributed by atoms with van der Waals surface area (Å²) in [6.45, 7) is 2.76. The number of nitrogens with zero attached hydrogens (tertiary/aromatic N) is 1. The molecule has 0 amide bonds. The van der Waals surface area contributed by atoms with Crippen molar-refractivity contribution in [3.05, 3.63) is 90.2 Å². The van der Waals surface area contributed by atoms with Gasteiger partial charge in [0.1, 0.15) is 30.5 Å². The number of hydrogen-bond donors (Lipinski definition) is 1. The lowest BCUT2D eigenvalue weighted by Gasteiger charge is -2.31. The highest BCUT2D eigenvalue weighted by molar-refractivity contribution is 5.90. The lowest BCUT2D eigenvalue weighted by atomic mass is 10.2. The van der Waals surface area contributed by atoms with Crippen molar-refractivity contribution >= 4 is 17.7 Å². The Labute approximate surface area is 180 Å². The van der Waals surface area contributed by atoms with Gasteiger partial charge in [-0.25, -0.2) is 4.79 Å². The molecule has 1 aliphatic heterocycles. The van der Waals surface area contributed by atoms with Crippen molar-refractivity contribution in [2.24, 2.45) is 0 Å². The van der Waals surface area contributed by atoms with E-state index >= 15 is 0 Å². The van der Waals surface area contributed by atoms with Crippen molar-refractivity contribution in [2.75, 3.05) is 31.2 Å². The Kier molecular flexibility index (Phi) is 6.38. The molecule has 1 heterocycles. The number of anilines is 1. The Balaban J connectivity index is 1.35. The second-order valence-corrected chi connectivity index (χ2v) is 6.95. The van der Waals surface area contributed by atoms with Gasteiger partial charge in [-0.15, -0.1) is 0 Å². The average molecular weight is 417 g/mol. The van der Waals surface area contributed by atoms with Crippen molar-refractivity contribution in [2.45, 2.75) is 0 Å². The summed E-state index contributed by atoms with van der Waals surface area (Å²) >= 11 is 0. The first-order chi connectivity index (χ1) is 15.2. The van der Waals surface area contributed by atoms with Gasteiger partial charge < -0.3 is 24.2 Å². The first-order valence-electron chi connectivity index (χ1n) is 10.1. The molecular formula is C25H23NO5. The van der Waals surface area contributed by atoms with Crippen LogP contribution in [0.25, 0.3) is 6.08 Å². The minimum absolute atomic E-state index is 0.147. The third-order valence-electron chi connectivity index (χ3n) is 4.81. The minimum Gasteiger partial charge on any atom is -0.492 e. The highest BCUT2D eigenvalue weighted by atomic mass is 16.5. The molecule has 3 aromatic rings. The molecule has 0 bridgehead atoms. The van der Waals surface area contributed by atoms with Crippen molar-refractivity contribution in [1.82, 2.24) is 0 Å². The highest BCUT2D eigenvalue weighted by Crippen LogP contribution is 2.30. The molecular weight excluding hydrogens is 394 g/mol. The van der Waals surface area contributed by atoms with Gasteiger partial charge in [0, 0.05) is 0 Å². The van der Waals surface area contributed by atoms with Crippen LogP contribution in [0.5, 0.6) is 17.2 Å². The van der Waals surface area contributed by atoms with Gasteiger partial charge in [-0.1, -0.05) is 42.5 Å². The van der Waals surface area contributed by atoms with Crippen LogP contribution in [0.15, 0.2) is 84.6 Å². The van der Waals surface area contributed by atoms with E-state index in [1.165, 1.54) is 6.08 Å². The van der Waals surface area contributed by atoms with Gasteiger partial charge in [0.15, 0.2) is 0 Å². The minimum atomic E-state index is -1.13. The number of carboxylic acids is 1. The summed E-state index contributed by atoms with van der Waals surface area (Å²) in [4.78, 5) is 13.8. The Bertz CT molecular complexity index is 1050. The van der Waals surface area contributed by atoms with E-state index in [4.69, 9.17) is 14.2 Å². The number of carboxylic acid groups (broad SMARTS) is 1. The fourth-order valence-corrected chi connectivity index (χ4v) is 3.29. The van der Waals surface area contributed by atoms with Gasteiger partial charge in [0.25, 0.3) is 0 Å². The molecule has 6 nitrogen and oxygen atoms in total. The molecule has 0 atom stereocenters. The van der Waals surface area contributed by atoms with Crippen LogP contribution >= 0.6 is 0 Å². The van der Waals surface area contributed by atoms with Crippen LogP contribution in [0.3, 0.4) is 0 Å². The molecule has 0 spiro atoms. The number of rotatable bonds is 8. The largest absolute Gasteiger partial charge is 0.492 e. The quantitative estimate of drug-likeness (QED) is 0.431. The zero-order valence-corrected chi connectivity index (χ0v) is 16.9. The number of aliphatic carboxylic acids is 1. The van der Waals surface area contributed by atoms with Crippen LogP contribution < -0.4 is 19.1 Å². The molecule has 0 aliphatic carbocycles. The standard InChI is InChI=1S/C25H23NO5/c27-25(28)24(31-21-6-2-1-3-7-21)18-19-10-12-20(13-11-19)29-16-14-26-15-17-30-23-9-5-4-8-22(23)26/h1-13,18H,14-17H2,(H,27,28). The van der Waals surface area contributed by atoms with Gasteiger partial charge in [-0.3, -0.25) is 0 Å². The molecule has 158 valence electrons. The molecule has 6 heteroatoms. The van der Waals surface area contributed by atoms with Crippen LogP contribution in [0.1, 0.15) is 5.56 Å². The first kappa shape index (κ1) is 20.3. The topological polar surface area (TPSA) is 68.2 Å². The van der Waals surface area contributed by atoms with E-state index in [0.717, 1.165) is 30.3 Å². The van der Waals surface area contributed by atoms with Crippen LogP contribution in [0.2, 0.25) is 0 Å². The van der Waals surface area contributed by atoms with Gasteiger partial charge in [-0.05, 0) is 48.0 Å². The Morgan fingerprint density at radius 3 is 2.48 bits per heavy atom. The lowest BCUT2D eigenvalue weighted by molar-refractivity contribution is -0.134. The zero-order chi connectivity index (χ0) is 21.5. The molecule has 4 rings (SSSR count). The summed E-state index contributed by atoms with van der Waals surface area (Å²) in [5.41, 5.74) is 1.79. The number of ether oxygens (including phenoxy) is 3. The van der Waals surface area contributed by atoms with Crippen molar-refractivity contribution in [1.29, 1.82) is 0 Å². The molecule has 0 fully saturated rings. The van der Waals surface area contributed by atoms with Gasteiger partial charge in [0.05, 0.1) is 18.8 Å². The van der Waals surface area contributed by atoms with Gasteiger partial charge in [0.2, 0.25) is 5.76 Å². The maximum absolute atomic E-state index is 11.5. The monoisotopic (exact) mass is 417 g/mol. The maximum Gasteiger partial charge on any atom is 0.371 e. The second kappa shape index (κ2) is 9.71. The van der Waals surface area contributed by atoms with Gasteiger partial charge >= 0.3 is 5.97 Å². The summed E-state index contributed by atoms with van der Waals surface area (Å²) in [7, 11) is 0. The molecule has 0 saturated heterocycles. The van der Waals surface area contributed by atoms with Crippen LogP contribution in [0.4, 0.5) is 5.69 Å². The summed E-state index contributed by atoms with van der Waals surface area (Å²) in [5.74, 6) is 0.818. The van der Waals surface area contributed by atoms with E-state index in [1.807, 2.05) is 42.5 Å². The SMILES string of the molecule is O=C(O)C(=Cc1ccc(OCCN2CCOc3ccccc32)cc1)Oc1ccccc1. The van der Waals surface area contributed by atoms with E-state index in [2.05, 4.69) is 4.90 Å². The highest BCUT2D eigenvalue weighted by Gasteiger charge is 2.17. The van der Waals surface area contributed by atoms with E-state index in [1.54, 1.807) is 36.4 Å². The summed E-state index contributed by atoms with van der Waals surface area (Å²) < 4.78 is 17.0. The predicted molar refractivity (Wildman–Crippen MR) is 119 cm³/mol. The third kappa shape index (κ3) is 5.36. The molecule has 1 aliphatic rings. The van der Waals surface area contributed by atoms with Crippen molar-refractivity contribution < 1.29 is 24.1 Å². The van der Waals surface area contributed by atoms with Crippen LogP contribution in [0, 0.1) is 0 Å². The van der Waals surface area contributed by atoms with E-state index < -0.39 is 5.97 Å². The molecule has 0 aromatic heterocycles. The molecule has 31 heavy (non-hydrogen) atoms. The molecule has 0 unspecified atom stereocenters. The molecule has 0 saturated carbocycles. The number of benzene rings is 3. The predicted octanol–water partition coefficient (Wildman–Crippen LogP) is 4.47. The Morgan fingerprint density at radius 1 is 0.968 bits per heavy atom. The smallest absolute Gasteiger partial charge is 0.371 e. The molecule has 3 aromatic carbocycles. The Hall–Kier alpha value is -3.93. The zero-order valence-electron chi connectivity index (χ0n) is 16.9. The number of fused-ring (bicyclic) bond motifs is 1. The van der Waals surface area contributed by atoms with Crippen molar-refractivity contribution in [3.8, 4) is 17.2 Å². The summed E-state index contributed by atoms with van der Waals surface area (Å²) in [5, 5.41) is 9.43. The van der Waals surface area contributed by atoms with Crippen molar-refractivity contribution in [3.63, 3.8) is 0 Å². The first-order valence-corrected chi connectivity index (χ1v) is 10.1. The van der Waals surface area contributed by atoms with E-state index in [-0.39, 0.29) is 5.76 Å². The third-order valence-corrected chi connectivity index (χ3v) is 4.81. The Morgan fingerprint density at radius 2 is 1.71 bits per heavy atom. The van der Waals surface area contributed by atoms with E-state index in [9.17, 15) is 9.90 Å². The fourth-order valence-electron chi connectivity index (χ4n) is 3.29. The number of hydrogen-bond acceptors (Lipinski definition) is 5.